The number of esters is 1. The monoisotopic (exact) mass is 518 g/mol. The molecule has 1 aromatic carbocycles. The van der Waals surface area contributed by atoms with E-state index in [9.17, 15) is 9.59 Å². The minimum absolute atomic E-state index is 0. The normalized spacial score (nSPS) is 16.4. The first kappa shape index (κ1) is 25.2. The number of nitrogens with zero attached hydrogens (tertiary/aromatic N) is 2. The molecule has 162 valence electrons. The van der Waals surface area contributed by atoms with Crippen molar-refractivity contribution in [3.05, 3.63) is 35.4 Å². The van der Waals surface area contributed by atoms with Gasteiger partial charge in [-0.2, -0.15) is 0 Å². The minimum Gasteiger partial charge on any atom is -0.465 e. The molecule has 9 heteroatoms. The molecule has 1 fully saturated rings. The number of amides is 1. The Hall–Kier alpha value is -1.88. The summed E-state index contributed by atoms with van der Waals surface area (Å²) in [6.07, 6.45) is 3.45. The zero-order valence-electron chi connectivity index (χ0n) is 17.3. The molecule has 1 aliphatic rings. The number of guanidine groups is 1. The lowest BCUT2D eigenvalue weighted by Crippen LogP contribution is -2.45. The molecule has 1 aromatic rings. The molecular formula is C20H31IN4O4. The second-order valence-electron chi connectivity index (χ2n) is 6.86. The molecule has 1 atom stereocenters. The van der Waals surface area contributed by atoms with Crippen molar-refractivity contribution in [1.29, 1.82) is 0 Å². The highest BCUT2D eigenvalue weighted by Crippen LogP contribution is 2.11. The van der Waals surface area contributed by atoms with Crippen LogP contribution in [-0.2, 0) is 20.8 Å². The number of carbonyl (C=O) groups is 2. The predicted octanol–water partition coefficient (Wildman–Crippen LogP) is 1.78. The lowest BCUT2D eigenvalue weighted by Gasteiger charge is -2.24. The molecule has 0 saturated carbocycles. The van der Waals surface area contributed by atoms with E-state index in [0.717, 1.165) is 31.4 Å². The summed E-state index contributed by atoms with van der Waals surface area (Å²) in [6, 6.07) is 7.09. The number of benzene rings is 1. The van der Waals surface area contributed by atoms with Crippen LogP contribution >= 0.6 is 24.0 Å². The highest BCUT2D eigenvalue weighted by atomic mass is 127. The zero-order valence-corrected chi connectivity index (χ0v) is 19.6. The van der Waals surface area contributed by atoms with E-state index in [4.69, 9.17) is 9.47 Å². The lowest BCUT2D eigenvalue weighted by atomic mass is 10.1. The van der Waals surface area contributed by atoms with Crippen molar-refractivity contribution in [3.63, 3.8) is 0 Å². The van der Waals surface area contributed by atoms with E-state index in [1.54, 1.807) is 26.2 Å². The van der Waals surface area contributed by atoms with Gasteiger partial charge < -0.3 is 25.0 Å². The Morgan fingerprint density at radius 3 is 2.52 bits per heavy atom. The molecule has 1 heterocycles. The van der Waals surface area contributed by atoms with Crippen molar-refractivity contribution in [1.82, 2.24) is 15.5 Å². The van der Waals surface area contributed by atoms with Crippen molar-refractivity contribution in [3.8, 4) is 0 Å². The molecule has 0 radical (unpaired) electrons. The van der Waals surface area contributed by atoms with E-state index in [1.807, 2.05) is 12.1 Å². The fourth-order valence-corrected chi connectivity index (χ4v) is 2.71. The van der Waals surface area contributed by atoms with E-state index in [1.165, 1.54) is 12.0 Å². The van der Waals surface area contributed by atoms with Crippen molar-refractivity contribution in [2.24, 2.45) is 4.99 Å². The largest absolute Gasteiger partial charge is 0.465 e. The summed E-state index contributed by atoms with van der Waals surface area (Å²) in [4.78, 5) is 29.5. The lowest BCUT2D eigenvalue weighted by molar-refractivity contribution is -0.127. The van der Waals surface area contributed by atoms with Crippen LogP contribution < -0.4 is 10.6 Å². The molecule has 8 nitrogen and oxygen atoms in total. The number of rotatable bonds is 7. The third-order valence-corrected chi connectivity index (χ3v) is 4.47. The highest BCUT2D eigenvalue weighted by Gasteiger charge is 2.14. The van der Waals surface area contributed by atoms with E-state index in [2.05, 4.69) is 15.6 Å². The quantitative estimate of drug-likeness (QED) is 0.248. The molecule has 0 bridgehead atoms. The van der Waals surface area contributed by atoms with Gasteiger partial charge >= 0.3 is 5.97 Å². The van der Waals surface area contributed by atoms with Crippen LogP contribution in [0.5, 0.6) is 0 Å². The summed E-state index contributed by atoms with van der Waals surface area (Å²) in [5, 5.41) is 6.33. The fourth-order valence-electron chi connectivity index (χ4n) is 2.71. The molecule has 29 heavy (non-hydrogen) atoms. The van der Waals surface area contributed by atoms with Crippen LogP contribution in [-0.4, -0.2) is 69.7 Å². The summed E-state index contributed by atoms with van der Waals surface area (Å²) >= 11 is 0. The number of hydrogen-bond acceptors (Lipinski definition) is 5. The van der Waals surface area contributed by atoms with Crippen molar-refractivity contribution < 1.29 is 19.1 Å². The third-order valence-electron chi connectivity index (χ3n) is 4.47. The summed E-state index contributed by atoms with van der Waals surface area (Å²) in [5.41, 5.74) is 1.44. The Morgan fingerprint density at radius 1 is 1.21 bits per heavy atom. The molecule has 2 rings (SSSR count). The summed E-state index contributed by atoms with van der Waals surface area (Å²) in [7, 11) is 4.79. The van der Waals surface area contributed by atoms with Crippen LogP contribution in [0.1, 0.15) is 35.2 Å². The Bertz CT molecular complexity index is 674. The number of ether oxygens (including phenoxy) is 2. The number of methoxy groups -OCH3 is 1. The van der Waals surface area contributed by atoms with Crippen LogP contribution in [0, 0.1) is 0 Å². The van der Waals surface area contributed by atoms with Gasteiger partial charge in [-0.1, -0.05) is 12.1 Å². The van der Waals surface area contributed by atoms with E-state index in [0.29, 0.717) is 24.6 Å². The summed E-state index contributed by atoms with van der Waals surface area (Å²) < 4.78 is 10.4. The van der Waals surface area contributed by atoms with Crippen molar-refractivity contribution >= 4 is 41.8 Å². The van der Waals surface area contributed by atoms with Gasteiger partial charge in [0.1, 0.15) is 0 Å². The first-order valence-corrected chi connectivity index (χ1v) is 9.50. The van der Waals surface area contributed by atoms with Gasteiger partial charge in [0.05, 0.1) is 31.9 Å². The van der Waals surface area contributed by atoms with Gasteiger partial charge in [0, 0.05) is 27.2 Å². The maximum absolute atomic E-state index is 11.9. The van der Waals surface area contributed by atoms with Crippen molar-refractivity contribution in [2.45, 2.75) is 31.9 Å². The molecule has 2 N–H and O–H groups in total. The second kappa shape index (κ2) is 13.4. The van der Waals surface area contributed by atoms with Crippen LogP contribution in [0.15, 0.2) is 29.3 Å². The summed E-state index contributed by atoms with van der Waals surface area (Å²) in [6.45, 7) is 2.01. The van der Waals surface area contributed by atoms with Gasteiger partial charge in [0.15, 0.2) is 5.96 Å². The summed E-state index contributed by atoms with van der Waals surface area (Å²) in [5.74, 6) is 0.154. The first-order chi connectivity index (χ1) is 13.5. The topological polar surface area (TPSA) is 92.3 Å². The van der Waals surface area contributed by atoms with Gasteiger partial charge in [-0.05, 0) is 37.0 Å². The van der Waals surface area contributed by atoms with Crippen LogP contribution in [0.25, 0.3) is 0 Å². The number of aliphatic imine (C=N–C) groups is 1. The van der Waals surface area contributed by atoms with Crippen LogP contribution in [0.2, 0.25) is 0 Å². The molecule has 0 aromatic heterocycles. The van der Waals surface area contributed by atoms with E-state index >= 15 is 0 Å². The Kier molecular flexibility index (Phi) is 11.6. The number of halogens is 1. The van der Waals surface area contributed by atoms with E-state index < -0.39 is 0 Å². The molecule has 1 aliphatic heterocycles. The third kappa shape index (κ3) is 8.99. The van der Waals surface area contributed by atoms with Crippen molar-refractivity contribution in [2.75, 3.05) is 40.9 Å². The van der Waals surface area contributed by atoms with E-state index in [-0.39, 0.29) is 48.5 Å². The fraction of sp³-hybridized carbons (Fsp3) is 0.550. The van der Waals surface area contributed by atoms with Gasteiger partial charge in [-0.15, -0.1) is 24.0 Å². The Balaban J connectivity index is 0.00000420. The smallest absolute Gasteiger partial charge is 0.337 e. The van der Waals surface area contributed by atoms with Gasteiger partial charge in [0.25, 0.3) is 0 Å². The molecule has 0 aliphatic carbocycles. The molecular weight excluding hydrogens is 487 g/mol. The molecule has 0 spiro atoms. The number of nitrogens with one attached hydrogen (secondary N) is 2. The maximum atomic E-state index is 11.9. The average Bonchev–Trinajstić information content (AvgIpc) is 2.73. The Morgan fingerprint density at radius 2 is 1.93 bits per heavy atom. The van der Waals surface area contributed by atoms with Crippen LogP contribution in [0.4, 0.5) is 0 Å². The molecule has 1 unspecified atom stereocenters. The minimum atomic E-state index is -0.367. The molecule has 1 saturated heterocycles. The SMILES string of the molecule is COC(=O)c1ccc(CN=C(NCC(=O)N(C)C)NCC2CCCCO2)cc1.I. The maximum Gasteiger partial charge on any atom is 0.337 e. The highest BCUT2D eigenvalue weighted by molar-refractivity contribution is 14.0. The second-order valence-corrected chi connectivity index (χ2v) is 6.86. The van der Waals surface area contributed by atoms with Gasteiger partial charge in [-0.25, -0.2) is 9.79 Å². The Labute approximate surface area is 189 Å². The average molecular weight is 518 g/mol. The molecule has 1 amide bonds. The standard InChI is InChI=1S/C20H30N4O4.HI/c1-24(2)18(25)14-23-20(22-13-17-6-4-5-11-28-17)21-12-15-7-9-16(10-8-15)19(26)27-3;/h7-10,17H,4-6,11-14H2,1-3H3,(H2,21,22,23);1H. The van der Waals surface area contributed by atoms with Crippen LogP contribution in [0.3, 0.4) is 0 Å². The van der Waals surface area contributed by atoms with Gasteiger partial charge in [0.2, 0.25) is 5.91 Å². The van der Waals surface area contributed by atoms with Gasteiger partial charge in [-0.3, -0.25) is 4.79 Å². The number of likely N-dealkylation sites (N-methyl/N-ethyl adjacent to an activating group) is 1. The first-order valence-electron chi connectivity index (χ1n) is 9.50. The number of hydrogen-bond donors (Lipinski definition) is 2. The number of carbonyl (C=O) groups excluding carboxylic acids is 2. The zero-order chi connectivity index (χ0) is 20.4. The predicted molar refractivity (Wildman–Crippen MR) is 123 cm³/mol.